The van der Waals surface area contributed by atoms with E-state index < -0.39 is 0 Å². The van der Waals surface area contributed by atoms with Crippen LogP contribution in [0.25, 0.3) is 22.0 Å². The molecule has 0 saturated carbocycles. The Labute approximate surface area is 189 Å². The predicted molar refractivity (Wildman–Crippen MR) is 125 cm³/mol. The molecule has 8 nitrogen and oxygen atoms in total. The second-order valence-electron chi connectivity index (χ2n) is 7.78. The SMILES string of the molecule is Cc1cncc(-c2ccc3c(C(=O)Nc4cnn(Cc5cccc(C#N)c5)c4)n[nH]c3c2)c1. The van der Waals surface area contributed by atoms with Gasteiger partial charge in [0.25, 0.3) is 5.91 Å². The van der Waals surface area contributed by atoms with Gasteiger partial charge >= 0.3 is 0 Å². The number of anilines is 1. The van der Waals surface area contributed by atoms with Gasteiger partial charge in [-0.2, -0.15) is 15.5 Å². The fraction of sp³-hybridized carbons (Fsp3) is 0.0800. The van der Waals surface area contributed by atoms with Gasteiger partial charge in [-0.15, -0.1) is 0 Å². The highest BCUT2D eigenvalue weighted by Gasteiger charge is 2.16. The molecule has 2 aromatic carbocycles. The molecular weight excluding hydrogens is 414 g/mol. The molecule has 0 saturated heterocycles. The number of nitrogens with zero attached hydrogens (tertiary/aromatic N) is 5. The van der Waals surface area contributed by atoms with Crippen LogP contribution in [0.5, 0.6) is 0 Å². The maximum Gasteiger partial charge on any atom is 0.276 e. The van der Waals surface area contributed by atoms with Gasteiger partial charge in [-0.1, -0.05) is 18.2 Å². The van der Waals surface area contributed by atoms with E-state index in [4.69, 9.17) is 5.26 Å². The molecule has 0 spiro atoms. The van der Waals surface area contributed by atoms with Crippen LogP contribution < -0.4 is 5.32 Å². The van der Waals surface area contributed by atoms with Crippen molar-refractivity contribution < 1.29 is 4.79 Å². The average Bonchev–Trinajstić information content (AvgIpc) is 3.45. The second kappa shape index (κ2) is 8.40. The summed E-state index contributed by atoms with van der Waals surface area (Å²) in [5, 5.41) is 24.1. The summed E-state index contributed by atoms with van der Waals surface area (Å²) in [6.45, 7) is 2.49. The lowest BCUT2D eigenvalue weighted by Gasteiger charge is -2.03. The van der Waals surface area contributed by atoms with E-state index in [1.807, 2.05) is 55.7 Å². The van der Waals surface area contributed by atoms with Gasteiger partial charge in [0.1, 0.15) is 0 Å². The van der Waals surface area contributed by atoms with E-state index in [9.17, 15) is 4.79 Å². The van der Waals surface area contributed by atoms with Gasteiger partial charge in [-0.25, -0.2) is 0 Å². The van der Waals surface area contributed by atoms with Crippen molar-refractivity contribution >= 4 is 22.5 Å². The minimum absolute atomic E-state index is 0.313. The van der Waals surface area contributed by atoms with Crippen molar-refractivity contribution in [3.8, 4) is 17.2 Å². The van der Waals surface area contributed by atoms with Crippen LogP contribution in [0.15, 0.2) is 73.3 Å². The highest BCUT2D eigenvalue weighted by molar-refractivity contribution is 6.11. The van der Waals surface area contributed by atoms with E-state index >= 15 is 0 Å². The molecule has 0 radical (unpaired) electrons. The molecule has 160 valence electrons. The smallest absolute Gasteiger partial charge is 0.276 e. The van der Waals surface area contributed by atoms with Gasteiger partial charge in [0.15, 0.2) is 5.69 Å². The molecule has 2 N–H and O–H groups in total. The van der Waals surface area contributed by atoms with E-state index in [1.165, 1.54) is 0 Å². The molecule has 5 aromatic rings. The summed E-state index contributed by atoms with van der Waals surface area (Å²) >= 11 is 0. The van der Waals surface area contributed by atoms with Crippen molar-refractivity contribution in [3.63, 3.8) is 0 Å². The maximum absolute atomic E-state index is 12.9. The van der Waals surface area contributed by atoms with Gasteiger partial charge < -0.3 is 5.32 Å². The number of hydrogen-bond acceptors (Lipinski definition) is 5. The number of rotatable bonds is 5. The number of hydrogen-bond donors (Lipinski definition) is 2. The summed E-state index contributed by atoms with van der Waals surface area (Å²) in [7, 11) is 0. The number of carbonyl (C=O) groups excluding carboxylic acids is 1. The summed E-state index contributed by atoms with van der Waals surface area (Å²) < 4.78 is 1.71. The summed E-state index contributed by atoms with van der Waals surface area (Å²) in [5.41, 5.74) is 6.28. The molecule has 8 heteroatoms. The number of H-pyrrole nitrogens is 1. The largest absolute Gasteiger partial charge is 0.318 e. The molecule has 0 fully saturated rings. The average molecular weight is 433 g/mol. The third kappa shape index (κ3) is 4.20. The van der Waals surface area contributed by atoms with Crippen LogP contribution in [-0.4, -0.2) is 30.9 Å². The number of aryl methyl sites for hydroxylation is 1. The zero-order valence-electron chi connectivity index (χ0n) is 17.8. The monoisotopic (exact) mass is 433 g/mol. The van der Waals surface area contributed by atoms with Crippen LogP contribution in [-0.2, 0) is 6.54 Å². The summed E-state index contributed by atoms with van der Waals surface area (Å²) in [5.74, 6) is -0.322. The highest BCUT2D eigenvalue weighted by atomic mass is 16.2. The Hall–Kier alpha value is -4.77. The Bertz CT molecular complexity index is 1520. The predicted octanol–water partition coefficient (Wildman–Crippen LogP) is 4.30. The first-order valence-electron chi connectivity index (χ1n) is 10.3. The highest BCUT2D eigenvalue weighted by Crippen LogP contribution is 2.25. The first-order valence-corrected chi connectivity index (χ1v) is 10.3. The minimum atomic E-state index is -0.322. The molecule has 0 unspecified atom stereocenters. The van der Waals surface area contributed by atoms with Crippen LogP contribution in [0.2, 0.25) is 0 Å². The maximum atomic E-state index is 12.9. The zero-order chi connectivity index (χ0) is 22.8. The molecule has 1 amide bonds. The number of aromatic nitrogens is 5. The van der Waals surface area contributed by atoms with Gasteiger partial charge in [-0.3, -0.25) is 19.6 Å². The van der Waals surface area contributed by atoms with Crippen LogP contribution in [0.3, 0.4) is 0 Å². The summed E-state index contributed by atoms with van der Waals surface area (Å²) in [6.07, 6.45) is 6.96. The molecule has 5 rings (SSSR count). The Kier molecular flexibility index (Phi) is 5.13. The fourth-order valence-electron chi connectivity index (χ4n) is 3.72. The lowest BCUT2D eigenvalue weighted by Crippen LogP contribution is -2.12. The molecular formula is C25H19N7O. The van der Waals surface area contributed by atoms with Crippen molar-refractivity contribution in [1.29, 1.82) is 5.26 Å². The quantitative estimate of drug-likeness (QED) is 0.429. The lowest BCUT2D eigenvalue weighted by molar-refractivity contribution is 0.102. The summed E-state index contributed by atoms with van der Waals surface area (Å²) in [6, 6.07) is 17.3. The number of carbonyl (C=O) groups is 1. The van der Waals surface area contributed by atoms with Crippen molar-refractivity contribution in [3.05, 3.63) is 95.7 Å². The van der Waals surface area contributed by atoms with Crippen molar-refractivity contribution in [1.82, 2.24) is 25.0 Å². The topological polar surface area (TPSA) is 112 Å². The van der Waals surface area contributed by atoms with Crippen molar-refractivity contribution in [2.75, 3.05) is 5.32 Å². The van der Waals surface area contributed by atoms with Crippen molar-refractivity contribution in [2.24, 2.45) is 0 Å². The molecule has 3 heterocycles. The zero-order valence-corrected chi connectivity index (χ0v) is 17.8. The number of pyridine rings is 1. The van der Waals surface area contributed by atoms with E-state index in [2.05, 4.69) is 37.7 Å². The third-order valence-electron chi connectivity index (χ3n) is 5.28. The van der Waals surface area contributed by atoms with E-state index in [1.54, 1.807) is 23.1 Å². The number of amides is 1. The molecule has 3 aromatic heterocycles. The molecule has 0 atom stereocenters. The number of nitriles is 1. The summed E-state index contributed by atoms with van der Waals surface area (Å²) in [4.78, 5) is 17.1. The number of fused-ring (bicyclic) bond motifs is 1. The normalized spacial score (nSPS) is 10.8. The first-order chi connectivity index (χ1) is 16.1. The van der Waals surface area contributed by atoms with Gasteiger partial charge in [0.2, 0.25) is 0 Å². The first kappa shape index (κ1) is 20.2. The molecule has 33 heavy (non-hydrogen) atoms. The van der Waals surface area contributed by atoms with Gasteiger partial charge in [-0.05, 0) is 53.9 Å². The van der Waals surface area contributed by atoms with Crippen LogP contribution in [0, 0.1) is 18.3 Å². The van der Waals surface area contributed by atoms with Crippen LogP contribution in [0.1, 0.15) is 27.2 Å². The standard InChI is InChI=1S/C25H19N7O/c1-16-7-20(12-27-11-16)19-5-6-22-23(9-19)30-31-24(22)25(33)29-21-13-28-32(15-21)14-18-4-2-3-17(8-18)10-26/h2-9,11-13,15H,14H2,1H3,(H,29,33)(H,30,31). The Balaban J connectivity index is 1.33. The molecule has 0 bridgehead atoms. The van der Waals surface area contributed by atoms with Crippen LogP contribution >= 0.6 is 0 Å². The van der Waals surface area contributed by atoms with Gasteiger partial charge in [0, 0.05) is 29.5 Å². The Morgan fingerprint density at radius 3 is 2.88 bits per heavy atom. The van der Waals surface area contributed by atoms with E-state index in [0.29, 0.717) is 23.5 Å². The van der Waals surface area contributed by atoms with E-state index in [-0.39, 0.29) is 5.91 Å². The third-order valence-corrected chi connectivity index (χ3v) is 5.28. The number of nitrogens with one attached hydrogen (secondary N) is 2. The Morgan fingerprint density at radius 1 is 1.12 bits per heavy atom. The molecule has 0 aliphatic carbocycles. The minimum Gasteiger partial charge on any atom is -0.318 e. The van der Waals surface area contributed by atoms with Crippen LogP contribution in [0.4, 0.5) is 5.69 Å². The van der Waals surface area contributed by atoms with Gasteiger partial charge in [0.05, 0.1) is 35.6 Å². The fourth-order valence-corrected chi connectivity index (χ4v) is 3.72. The second-order valence-corrected chi connectivity index (χ2v) is 7.78. The number of aromatic amines is 1. The molecule has 0 aliphatic rings. The van der Waals surface area contributed by atoms with E-state index in [0.717, 1.165) is 33.2 Å². The number of benzene rings is 2. The lowest BCUT2D eigenvalue weighted by atomic mass is 10.0. The van der Waals surface area contributed by atoms with Crippen molar-refractivity contribution in [2.45, 2.75) is 13.5 Å². The molecule has 0 aliphatic heterocycles. The Morgan fingerprint density at radius 2 is 2.03 bits per heavy atom.